The molecule has 170 valence electrons. The van der Waals surface area contributed by atoms with E-state index in [4.69, 9.17) is 39.5 Å². The Balaban J connectivity index is 1.88. The quantitative estimate of drug-likeness (QED) is 0.128. The fourth-order valence-corrected chi connectivity index (χ4v) is 5.03. The van der Waals surface area contributed by atoms with E-state index in [9.17, 15) is 13.2 Å². The normalized spacial score (nSPS) is 11.5. The molecule has 4 nitrogen and oxygen atoms in total. The van der Waals surface area contributed by atoms with Gasteiger partial charge in [-0.15, -0.1) is 0 Å². The molecule has 0 bridgehead atoms. The van der Waals surface area contributed by atoms with Gasteiger partial charge in [0.25, 0.3) is 0 Å². The summed E-state index contributed by atoms with van der Waals surface area (Å²) < 4.78 is 30.3. The number of sulfone groups is 1. The molecule has 0 aromatic heterocycles. The molecule has 0 aliphatic rings. The fourth-order valence-electron chi connectivity index (χ4n) is 3.08. The number of benzene rings is 2. The molecule has 31 heavy (non-hydrogen) atoms. The van der Waals surface area contributed by atoms with Gasteiger partial charge in [0.05, 0.1) is 31.3 Å². The van der Waals surface area contributed by atoms with Crippen LogP contribution in [0.5, 0.6) is 5.75 Å². The molecule has 0 aliphatic heterocycles. The Bertz CT molecular complexity index is 973. The molecule has 0 radical (unpaired) electrons. The average molecular weight is 506 g/mol. The van der Waals surface area contributed by atoms with Gasteiger partial charge in [0.2, 0.25) is 0 Å². The van der Waals surface area contributed by atoms with E-state index < -0.39 is 15.8 Å². The Labute approximate surface area is 199 Å². The van der Waals surface area contributed by atoms with E-state index in [1.165, 1.54) is 62.1 Å². The van der Waals surface area contributed by atoms with Gasteiger partial charge >= 0.3 is 5.97 Å². The van der Waals surface area contributed by atoms with Gasteiger partial charge in [0.15, 0.2) is 15.6 Å². The highest BCUT2D eigenvalue weighted by molar-refractivity contribution is 7.91. The van der Waals surface area contributed by atoms with E-state index in [-0.39, 0.29) is 37.0 Å². The predicted octanol–water partition coefficient (Wildman–Crippen LogP) is 7.78. The van der Waals surface area contributed by atoms with Crippen molar-refractivity contribution >= 4 is 50.6 Å². The minimum Gasteiger partial charge on any atom is -0.421 e. The number of rotatable bonds is 12. The van der Waals surface area contributed by atoms with Crippen molar-refractivity contribution in [3.8, 4) is 5.75 Å². The lowest BCUT2D eigenvalue weighted by Crippen LogP contribution is -2.10. The summed E-state index contributed by atoms with van der Waals surface area (Å²) in [4.78, 5) is 12.5. The van der Waals surface area contributed by atoms with Crippen LogP contribution in [0.15, 0.2) is 41.3 Å². The van der Waals surface area contributed by atoms with Gasteiger partial charge in [-0.1, -0.05) is 86.7 Å². The van der Waals surface area contributed by atoms with Gasteiger partial charge < -0.3 is 4.74 Å². The molecule has 2 aromatic rings. The Kier molecular flexibility index (Phi) is 10.6. The van der Waals surface area contributed by atoms with Crippen molar-refractivity contribution in [2.45, 2.75) is 63.2 Å². The monoisotopic (exact) mass is 504 g/mol. The van der Waals surface area contributed by atoms with E-state index in [2.05, 4.69) is 6.92 Å². The second kappa shape index (κ2) is 12.7. The van der Waals surface area contributed by atoms with Gasteiger partial charge in [-0.3, -0.25) is 0 Å². The van der Waals surface area contributed by atoms with Crippen LogP contribution >= 0.6 is 34.8 Å². The van der Waals surface area contributed by atoms with E-state index in [0.29, 0.717) is 6.42 Å². The van der Waals surface area contributed by atoms with Crippen LogP contribution in [0.2, 0.25) is 15.1 Å². The molecule has 0 heterocycles. The standard InChI is InChI=1S/C23H27Cl3O4S/c1-2-3-4-5-6-7-8-9-14-31(28,29)18-12-10-17(11-13-18)23(27)30-22-16-20(25)19(24)15-21(22)26/h10-13,15-16H,2-9,14H2,1H3. The number of carbonyl (C=O) groups excluding carboxylic acids is 1. The predicted molar refractivity (Wildman–Crippen MR) is 128 cm³/mol. The summed E-state index contributed by atoms with van der Waals surface area (Å²) >= 11 is 17.8. The van der Waals surface area contributed by atoms with E-state index in [1.54, 1.807) is 0 Å². The molecule has 0 spiro atoms. The zero-order valence-electron chi connectivity index (χ0n) is 17.5. The van der Waals surface area contributed by atoms with E-state index in [0.717, 1.165) is 19.3 Å². The number of unbranched alkanes of at least 4 members (excludes halogenated alkanes) is 7. The van der Waals surface area contributed by atoms with Crippen LogP contribution in [0, 0.1) is 0 Å². The average Bonchev–Trinajstić information content (AvgIpc) is 2.74. The second-order valence-electron chi connectivity index (χ2n) is 7.40. The first kappa shape index (κ1) is 26.0. The molecule has 8 heteroatoms. The molecular weight excluding hydrogens is 479 g/mol. The van der Waals surface area contributed by atoms with Crippen molar-refractivity contribution in [2.75, 3.05) is 5.75 Å². The van der Waals surface area contributed by atoms with Crippen LogP contribution in [0.1, 0.15) is 68.6 Å². The summed E-state index contributed by atoms with van der Waals surface area (Å²) in [5, 5.41) is 0.598. The number of halogens is 3. The Morgan fingerprint density at radius 3 is 1.97 bits per heavy atom. The lowest BCUT2D eigenvalue weighted by molar-refractivity contribution is 0.0734. The third kappa shape index (κ3) is 8.30. The fraction of sp³-hybridized carbons (Fsp3) is 0.435. The molecule has 0 fully saturated rings. The summed E-state index contributed by atoms with van der Waals surface area (Å²) in [6, 6.07) is 8.44. The maximum Gasteiger partial charge on any atom is 0.343 e. The third-order valence-electron chi connectivity index (χ3n) is 4.89. The highest BCUT2D eigenvalue weighted by Gasteiger charge is 2.17. The lowest BCUT2D eigenvalue weighted by Gasteiger charge is -2.09. The van der Waals surface area contributed by atoms with Crippen LogP contribution < -0.4 is 4.74 Å². The molecule has 0 atom stereocenters. The Morgan fingerprint density at radius 2 is 1.35 bits per heavy atom. The van der Waals surface area contributed by atoms with E-state index >= 15 is 0 Å². The molecule has 0 amide bonds. The summed E-state index contributed by atoms with van der Waals surface area (Å²) in [6.07, 6.45) is 8.69. The first-order chi connectivity index (χ1) is 14.7. The van der Waals surface area contributed by atoms with Crippen LogP contribution in [0.3, 0.4) is 0 Å². The van der Waals surface area contributed by atoms with Gasteiger partial charge in [-0.2, -0.15) is 0 Å². The zero-order chi connectivity index (χ0) is 22.9. The first-order valence-electron chi connectivity index (χ1n) is 10.4. The van der Waals surface area contributed by atoms with Crippen LogP contribution in [-0.4, -0.2) is 20.1 Å². The first-order valence-corrected chi connectivity index (χ1v) is 13.2. The minimum absolute atomic E-state index is 0.0764. The van der Waals surface area contributed by atoms with Crippen molar-refractivity contribution in [1.82, 2.24) is 0 Å². The topological polar surface area (TPSA) is 60.4 Å². The number of esters is 1. The third-order valence-corrected chi connectivity index (χ3v) is 7.73. The Hall–Kier alpha value is -1.27. The van der Waals surface area contributed by atoms with Crippen LogP contribution in [0.4, 0.5) is 0 Å². The largest absolute Gasteiger partial charge is 0.421 e. The molecule has 2 aromatic carbocycles. The highest BCUT2D eigenvalue weighted by atomic mass is 35.5. The lowest BCUT2D eigenvalue weighted by atomic mass is 10.1. The van der Waals surface area contributed by atoms with Crippen molar-refractivity contribution in [2.24, 2.45) is 0 Å². The smallest absolute Gasteiger partial charge is 0.343 e. The number of carbonyl (C=O) groups is 1. The Morgan fingerprint density at radius 1 is 0.806 bits per heavy atom. The summed E-state index contributed by atoms with van der Waals surface area (Å²) in [5.74, 6) is -0.496. The van der Waals surface area contributed by atoms with E-state index in [1.807, 2.05) is 0 Å². The number of hydrogen-bond donors (Lipinski definition) is 0. The van der Waals surface area contributed by atoms with Crippen molar-refractivity contribution in [1.29, 1.82) is 0 Å². The van der Waals surface area contributed by atoms with Gasteiger partial charge in [0.1, 0.15) is 0 Å². The van der Waals surface area contributed by atoms with Gasteiger partial charge in [0, 0.05) is 6.07 Å². The van der Waals surface area contributed by atoms with Crippen molar-refractivity contribution < 1.29 is 17.9 Å². The summed E-state index contributed by atoms with van der Waals surface area (Å²) in [6.45, 7) is 2.19. The van der Waals surface area contributed by atoms with Gasteiger partial charge in [-0.05, 0) is 36.8 Å². The molecule has 2 rings (SSSR count). The van der Waals surface area contributed by atoms with Crippen LogP contribution in [0.25, 0.3) is 0 Å². The number of ether oxygens (including phenoxy) is 1. The molecule has 0 N–H and O–H groups in total. The summed E-state index contributed by atoms with van der Waals surface area (Å²) in [5.41, 5.74) is 0.202. The summed E-state index contributed by atoms with van der Waals surface area (Å²) in [7, 11) is -3.39. The SMILES string of the molecule is CCCCCCCCCCS(=O)(=O)c1ccc(C(=O)Oc2cc(Cl)c(Cl)cc2Cl)cc1. The van der Waals surface area contributed by atoms with Crippen molar-refractivity contribution in [3.63, 3.8) is 0 Å². The highest BCUT2D eigenvalue weighted by Crippen LogP contribution is 2.34. The second-order valence-corrected chi connectivity index (χ2v) is 10.7. The van der Waals surface area contributed by atoms with Crippen molar-refractivity contribution in [3.05, 3.63) is 57.0 Å². The molecule has 0 saturated heterocycles. The maximum absolute atomic E-state index is 12.5. The maximum atomic E-state index is 12.5. The molecule has 0 saturated carbocycles. The number of hydrogen-bond acceptors (Lipinski definition) is 4. The van der Waals surface area contributed by atoms with Gasteiger partial charge in [-0.25, -0.2) is 13.2 Å². The molecule has 0 aliphatic carbocycles. The minimum atomic E-state index is -3.39. The molecule has 0 unspecified atom stereocenters. The zero-order valence-corrected chi connectivity index (χ0v) is 20.6. The van der Waals surface area contributed by atoms with Crippen LogP contribution in [-0.2, 0) is 9.84 Å². The molecular formula is C23H27Cl3O4S.